The van der Waals surface area contributed by atoms with E-state index in [9.17, 15) is 10.1 Å². The molecule has 2 aromatic heterocycles. The van der Waals surface area contributed by atoms with Crippen molar-refractivity contribution in [1.29, 1.82) is 0 Å². The van der Waals surface area contributed by atoms with Gasteiger partial charge in [-0.05, 0) is 31.2 Å². The molecule has 2 heterocycles. The SMILES string of the molecule is Cc1ccc(Oc2ncnc(Nc3ccncc3)c2[N+](=O)[O-])cc1. The summed E-state index contributed by atoms with van der Waals surface area (Å²) in [6.45, 7) is 1.94. The third-order valence-electron chi connectivity index (χ3n) is 3.15. The van der Waals surface area contributed by atoms with Crippen molar-refractivity contribution in [3.63, 3.8) is 0 Å². The Balaban J connectivity index is 1.96. The first kappa shape index (κ1) is 15.3. The van der Waals surface area contributed by atoms with Crippen LogP contribution in [0.25, 0.3) is 0 Å². The van der Waals surface area contributed by atoms with Gasteiger partial charge in [0.15, 0.2) is 0 Å². The summed E-state index contributed by atoms with van der Waals surface area (Å²) in [5, 5.41) is 14.3. The van der Waals surface area contributed by atoms with Gasteiger partial charge in [0.25, 0.3) is 0 Å². The molecule has 8 heteroatoms. The van der Waals surface area contributed by atoms with Crippen LogP contribution in [0.5, 0.6) is 11.6 Å². The molecule has 0 saturated carbocycles. The summed E-state index contributed by atoms with van der Waals surface area (Å²) in [5.41, 5.74) is 1.34. The molecule has 0 atom stereocenters. The molecule has 0 unspecified atom stereocenters. The van der Waals surface area contributed by atoms with Crippen LogP contribution in [0.4, 0.5) is 17.2 Å². The van der Waals surface area contributed by atoms with E-state index in [0.29, 0.717) is 11.4 Å². The van der Waals surface area contributed by atoms with E-state index in [2.05, 4.69) is 20.3 Å². The van der Waals surface area contributed by atoms with Crippen molar-refractivity contribution in [2.75, 3.05) is 5.32 Å². The lowest BCUT2D eigenvalue weighted by Gasteiger charge is -2.09. The molecule has 3 rings (SSSR count). The molecule has 1 aromatic carbocycles. The van der Waals surface area contributed by atoms with Crippen molar-refractivity contribution in [3.05, 3.63) is 70.8 Å². The Bertz CT molecular complexity index is 853. The topological polar surface area (TPSA) is 103 Å². The van der Waals surface area contributed by atoms with Gasteiger partial charge >= 0.3 is 11.6 Å². The standard InChI is InChI=1S/C16H13N5O3/c1-11-2-4-13(5-3-11)24-16-14(21(22)23)15(18-10-19-16)20-12-6-8-17-9-7-12/h2-10H,1H3,(H,17,18,19,20). The van der Waals surface area contributed by atoms with Gasteiger partial charge < -0.3 is 10.1 Å². The van der Waals surface area contributed by atoms with Gasteiger partial charge in [-0.3, -0.25) is 15.1 Å². The Morgan fingerprint density at radius 3 is 2.46 bits per heavy atom. The fourth-order valence-corrected chi connectivity index (χ4v) is 1.98. The van der Waals surface area contributed by atoms with E-state index in [1.807, 2.05) is 19.1 Å². The van der Waals surface area contributed by atoms with Crippen molar-refractivity contribution in [1.82, 2.24) is 15.0 Å². The van der Waals surface area contributed by atoms with Gasteiger partial charge in [0.05, 0.1) is 4.92 Å². The highest BCUT2D eigenvalue weighted by Crippen LogP contribution is 2.35. The van der Waals surface area contributed by atoms with Gasteiger partial charge in [0.2, 0.25) is 5.82 Å². The first-order valence-electron chi connectivity index (χ1n) is 7.04. The van der Waals surface area contributed by atoms with Crippen LogP contribution in [0.1, 0.15) is 5.56 Å². The molecule has 24 heavy (non-hydrogen) atoms. The monoisotopic (exact) mass is 323 g/mol. The van der Waals surface area contributed by atoms with Gasteiger partial charge in [-0.25, -0.2) is 4.98 Å². The average molecular weight is 323 g/mol. The van der Waals surface area contributed by atoms with Crippen molar-refractivity contribution in [3.8, 4) is 11.6 Å². The van der Waals surface area contributed by atoms with Crippen LogP contribution in [0.2, 0.25) is 0 Å². The summed E-state index contributed by atoms with van der Waals surface area (Å²) in [4.78, 5) is 22.6. The van der Waals surface area contributed by atoms with Crippen LogP contribution < -0.4 is 10.1 Å². The number of aromatic nitrogens is 3. The van der Waals surface area contributed by atoms with Crippen molar-refractivity contribution >= 4 is 17.2 Å². The maximum atomic E-state index is 11.5. The minimum atomic E-state index is -0.576. The minimum Gasteiger partial charge on any atom is -0.434 e. The minimum absolute atomic E-state index is 0.0447. The van der Waals surface area contributed by atoms with Crippen LogP contribution in [0.3, 0.4) is 0 Å². The molecular weight excluding hydrogens is 310 g/mol. The molecule has 1 N–H and O–H groups in total. The highest BCUT2D eigenvalue weighted by Gasteiger charge is 2.25. The Morgan fingerprint density at radius 1 is 1.08 bits per heavy atom. The Hall–Kier alpha value is -3.55. The summed E-state index contributed by atoms with van der Waals surface area (Å²) in [6.07, 6.45) is 4.35. The van der Waals surface area contributed by atoms with Gasteiger partial charge in [0.1, 0.15) is 12.1 Å². The third-order valence-corrected chi connectivity index (χ3v) is 3.15. The number of hydrogen-bond acceptors (Lipinski definition) is 7. The number of anilines is 2. The smallest absolute Gasteiger partial charge is 0.373 e. The molecule has 0 amide bonds. The third kappa shape index (κ3) is 3.43. The summed E-state index contributed by atoms with van der Waals surface area (Å²) >= 11 is 0. The molecule has 8 nitrogen and oxygen atoms in total. The van der Waals surface area contributed by atoms with Gasteiger partial charge in [0, 0.05) is 18.1 Å². The Kier molecular flexibility index (Phi) is 4.28. The van der Waals surface area contributed by atoms with Gasteiger partial charge in [-0.1, -0.05) is 17.7 Å². The first-order chi connectivity index (χ1) is 11.6. The fourth-order valence-electron chi connectivity index (χ4n) is 1.98. The van der Waals surface area contributed by atoms with E-state index in [1.54, 1.807) is 36.7 Å². The number of nitro groups is 1. The van der Waals surface area contributed by atoms with E-state index in [4.69, 9.17) is 4.74 Å². The van der Waals surface area contributed by atoms with Crippen molar-refractivity contribution in [2.24, 2.45) is 0 Å². The number of benzene rings is 1. The van der Waals surface area contributed by atoms with E-state index in [-0.39, 0.29) is 17.4 Å². The summed E-state index contributed by atoms with van der Waals surface area (Å²) in [6, 6.07) is 10.5. The van der Waals surface area contributed by atoms with E-state index in [1.165, 1.54) is 6.33 Å². The van der Waals surface area contributed by atoms with Crippen LogP contribution in [-0.2, 0) is 0 Å². The second-order valence-corrected chi connectivity index (χ2v) is 4.91. The van der Waals surface area contributed by atoms with Crippen molar-refractivity contribution < 1.29 is 9.66 Å². The largest absolute Gasteiger partial charge is 0.434 e. The number of ether oxygens (including phenoxy) is 1. The number of hydrogen-bond donors (Lipinski definition) is 1. The predicted molar refractivity (Wildman–Crippen MR) is 87.5 cm³/mol. The predicted octanol–water partition coefficient (Wildman–Crippen LogP) is 3.62. The van der Waals surface area contributed by atoms with E-state index >= 15 is 0 Å². The average Bonchev–Trinajstić information content (AvgIpc) is 2.58. The highest BCUT2D eigenvalue weighted by atomic mass is 16.6. The molecule has 0 aliphatic rings. The lowest BCUT2D eigenvalue weighted by atomic mass is 10.2. The zero-order valence-electron chi connectivity index (χ0n) is 12.7. The van der Waals surface area contributed by atoms with E-state index in [0.717, 1.165) is 5.56 Å². The lowest BCUT2D eigenvalue weighted by Crippen LogP contribution is -2.03. The number of pyridine rings is 1. The molecule has 0 bridgehead atoms. The van der Waals surface area contributed by atoms with Crippen LogP contribution >= 0.6 is 0 Å². The molecule has 3 aromatic rings. The quantitative estimate of drug-likeness (QED) is 0.565. The first-order valence-corrected chi connectivity index (χ1v) is 7.04. The van der Waals surface area contributed by atoms with Crippen LogP contribution in [0.15, 0.2) is 55.1 Å². The van der Waals surface area contributed by atoms with E-state index < -0.39 is 4.92 Å². The second-order valence-electron chi connectivity index (χ2n) is 4.91. The number of rotatable bonds is 5. The summed E-state index contributed by atoms with van der Waals surface area (Å²) < 4.78 is 5.56. The number of nitrogens with one attached hydrogen (secondary N) is 1. The van der Waals surface area contributed by atoms with Crippen LogP contribution in [0, 0.1) is 17.0 Å². The zero-order chi connectivity index (χ0) is 16.9. The number of nitrogens with zero attached hydrogens (tertiary/aromatic N) is 4. The second kappa shape index (κ2) is 6.69. The molecular formula is C16H13N5O3. The maximum absolute atomic E-state index is 11.5. The Labute approximate surface area is 137 Å². The number of aryl methyl sites for hydroxylation is 1. The Morgan fingerprint density at radius 2 is 1.79 bits per heavy atom. The molecule has 0 spiro atoms. The lowest BCUT2D eigenvalue weighted by molar-refractivity contribution is -0.385. The molecule has 0 saturated heterocycles. The van der Waals surface area contributed by atoms with Crippen molar-refractivity contribution in [2.45, 2.75) is 6.92 Å². The van der Waals surface area contributed by atoms with Gasteiger partial charge in [-0.15, -0.1) is 0 Å². The highest BCUT2D eigenvalue weighted by molar-refractivity contribution is 5.68. The van der Waals surface area contributed by atoms with Gasteiger partial charge in [-0.2, -0.15) is 4.98 Å². The molecule has 0 aliphatic heterocycles. The fraction of sp³-hybridized carbons (Fsp3) is 0.0625. The molecule has 0 radical (unpaired) electrons. The maximum Gasteiger partial charge on any atom is 0.373 e. The summed E-state index contributed by atoms with van der Waals surface area (Å²) in [5.74, 6) is 0.371. The zero-order valence-corrected chi connectivity index (χ0v) is 12.7. The van der Waals surface area contributed by atoms with Crippen LogP contribution in [-0.4, -0.2) is 19.9 Å². The molecule has 120 valence electrons. The molecule has 0 fully saturated rings. The summed E-state index contributed by atoms with van der Waals surface area (Å²) in [7, 11) is 0. The normalized spacial score (nSPS) is 10.2. The molecule has 0 aliphatic carbocycles.